The molecular weight excluding hydrogens is 252 g/mol. The highest BCUT2D eigenvalue weighted by Gasteiger charge is 2.46. The highest BCUT2D eigenvalue weighted by Crippen LogP contribution is 2.41. The Morgan fingerprint density at radius 3 is 2.85 bits per heavy atom. The zero-order valence-electron chi connectivity index (χ0n) is 12.0. The first kappa shape index (κ1) is 12.8. The Morgan fingerprint density at radius 1 is 1.25 bits per heavy atom. The minimum absolute atomic E-state index is 0.0578. The third-order valence-electron chi connectivity index (χ3n) is 5.59. The van der Waals surface area contributed by atoms with Gasteiger partial charge in [0.05, 0.1) is 18.3 Å². The average molecular weight is 276 g/mol. The van der Waals surface area contributed by atoms with E-state index >= 15 is 0 Å². The van der Waals surface area contributed by atoms with E-state index in [9.17, 15) is 5.11 Å². The molecule has 0 radical (unpaired) electrons. The molecule has 2 saturated carbocycles. The fraction of sp³-hybridized carbons (Fsp3) is 0.812. The standard InChI is InChI=1S/C16H24N2O2/c19-16-6-12-8-18(10-14(12)16)9-13-7-15(17-20-13)11-4-2-1-3-5-11/h7,11-12,14,16,19H,1-6,8-10H2/t12-,14+,16+/m1/s1. The molecule has 0 amide bonds. The third-order valence-corrected chi connectivity index (χ3v) is 5.59. The molecule has 2 aliphatic carbocycles. The number of likely N-dealkylation sites (tertiary alicyclic amines) is 1. The summed E-state index contributed by atoms with van der Waals surface area (Å²) in [5.74, 6) is 2.85. The summed E-state index contributed by atoms with van der Waals surface area (Å²) in [5, 5.41) is 14.0. The van der Waals surface area contributed by atoms with Gasteiger partial charge in [-0.2, -0.15) is 0 Å². The SMILES string of the molecule is O[C@H]1C[C@@H]2CN(Cc3cc(C4CCCCC4)no3)C[C@@H]21. The van der Waals surface area contributed by atoms with Crippen molar-refractivity contribution in [2.75, 3.05) is 13.1 Å². The van der Waals surface area contributed by atoms with Gasteiger partial charge in [0.2, 0.25) is 0 Å². The van der Waals surface area contributed by atoms with Gasteiger partial charge in [0.25, 0.3) is 0 Å². The molecule has 3 aliphatic rings. The fourth-order valence-corrected chi connectivity index (χ4v) is 4.31. The van der Waals surface area contributed by atoms with Gasteiger partial charge in [-0.1, -0.05) is 24.4 Å². The average Bonchev–Trinajstić information content (AvgIpc) is 3.05. The van der Waals surface area contributed by atoms with Gasteiger partial charge in [0, 0.05) is 31.0 Å². The summed E-state index contributed by atoms with van der Waals surface area (Å²) in [7, 11) is 0. The highest BCUT2D eigenvalue weighted by atomic mass is 16.5. The van der Waals surface area contributed by atoms with Crippen LogP contribution < -0.4 is 0 Å². The normalized spacial score (nSPS) is 35.0. The van der Waals surface area contributed by atoms with E-state index < -0.39 is 0 Å². The van der Waals surface area contributed by atoms with E-state index in [2.05, 4.69) is 16.1 Å². The van der Waals surface area contributed by atoms with E-state index in [0.717, 1.165) is 31.8 Å². The number of fused-ring (bicyclic) bond motifs is 1. The molecule has 4 heteroatoms. The molecule has 0 aromatic carbocycles. The van der Waals surface area contributed by atoms with Crippen molar-refractivity contribution < 1.29 is 9.63 Å². The molecule has 1 aromatic rings. The summed E-state index contributed by atoms with van der Waals surface area (Å²) in [6.45, 7) is 2.99. The molecule has 1 saturated heterocycles. The van der Waals surface area contributed by atoms with Gasteiger partial charge in [-0.15, -0.1) is 0 Å². The molecule has 4 nitrogen and oxygen atoms in total. The number of aliphatic hydroxyl groups is 1. The van der Waals surface area contributed by atoms with Gasteiger partial charge in [-0.05, 0) is 25.2 Å². The summed E-state index contributed by atoms with van der Waals surface area (Å²) in [6.07, 6.45) is 7.52. The van der Waals surface area contributed by atoms with E-state index in [1.807, 2.05) is 0 Å². The minimum atomic E-state index is -0.0578. The fourth-order valence-electron chi connectivity index (χ4n) is 4.31. The predicted octanol–water partition coefficient (Wildman–Crippen LogP) is 2.53. The zero-order chi connectivity index (χ0) is 13.5. The van der Waals surface area contributed by atoms with Crippen molar-refractivity contribution in [2.24, 2.45) is 11.8 Å². The van der Waals surface area contributed by atoms with Crippen molar-refractivity contribution in [2.45, 2.75) is 57.1 Å². The van der Waals surface area contributed by atoms with E-state index in [1.165, 1.54) is 37.8 Å². The Kier molecular flexibility index (Phi) is 3.31. The van der Waals surface area contributed by atoms with Crippen molar-refractivity contribution in [3.63, 3.8) is 0 Å². The molecule has 0 unspecified atom stereocenters. The van der Waals surface area contributed by atoms with E-state index in [1.54, 1.807) is 0 Å². The van der Waals surface area contributed by atoms with Crippen LogP contribution in [0.5, 0.6) is 0 Å². The summed E-state index contributed by atoms with van der Waals surface area (Å²) in [6, 6.07) is 2.17. The number of hydrogen-bond donors (Lipinski definition) is 1. The van der Waals surface area contributed by atoms with E-state index in [4.69, 9.17) is 4.52 Å². The predicted molar refractivity (Wildman–Crippen MR) is 75.2 cm³/mol. The molecule has 3 atom stereocenters. The van der Waals surface area contributed by atoms with Crippen LogP contribution in [0.2, 0.25) is 0 Å². The van der Waals surface area contributed by atoms with E-state index in [-0.39, 0.29) is 6.10 Å². The molecule has 1 aromatic heterocycles. The van der Waals surface area contributed by atoms with Crippen LogP contribution in [0, 0.1) is 11.8 Å². The maximum absolute atomic E-state index is 9.71. The molecule has 0 bridgehead atoms. The van der Waals surface area contributed by atoms with Crippen molar-refractivity contribution in [3.8, 4) is 0 Å². The third kappa shape index (κ3) is 2.29. The number of aromatic nitrogens is 1. The van der Waals surface area contributed by atoms with Crippen molar-refractivity contribution in [3.05, 3.63) is 17.5 Å². The molecule has 2 heterocycles. The molecule has 1 aliphatic heterocycles. The second-order valence-electron chi connectivity index (χ2n) is 6.97. The smallest absolute Gasteiger partial charge is 0.150 e. The van der Waals surface area contributed by atoms with Gasteiger partial charge < -0.3 is 9.63 Å². The Hall–Kier alpha value is -0.870. The molecular formula is C16H24N2O2. The first-order valence-electron chi connectivity index (χ1n) is 8.15. The molecule has 110 valence electrons. The lowest BCUT2D eigenvalue weighted by molar-refractivity contribution is -0.00437. The lowest BCUT2D eigenvalue weighted by Crippen LogP contribution is -2.39. The maximum atomic E-state index is 9.71. The summed E-state index contributed by atoms with van der Waals surface area (Å²) in [4.78, 5) is 2.41. The van der Waals surface area contributed by atoms with Crippen molar-refractivity contribution >= 4 is 0 Å². The van der Waals surface area contributed by atoms with Gasteiger partial charge in [0.15, 0.2) is 5.76 Å². The minimum Gasteiger partial charge on any atom is -0.393 e. The summed E-state index contributed by atoms with van der Waals surface area (Å²) >= 11 is 0. The van der Waals surface area contributed by atoms with Gasteiger partial charge in [0.1, 0.15) is 0 Å². The quantitative estimate of drug-likeness (QED) is 0.921. The van der Waals surface area contributed by atoms with Gasteiger partial charge >= 0.3 is 0 Å². The topological polar surface area (TPSA) is 49.5 Å². The molecule has 20 heavy (non-hydrogen) atoms. The first-order chi connectivity index (χ1) is 9.79. The van der Waals surface area contributed by atoms with Crippen molar-refractivity contribution in [1.29, 1.82) is 0 Å². The second-order valence-corrected chi connectivity index (χ2v) is 6.97. The van der Waals surface area contributed by atoms with Crippen LogP contribution in [0.25, 0.3) is 0 Å². The monoisotopic (exact) mass is 276 g/mol. The summed E-state index contributed by atoms with van der Waals surface area (Å²) in [5.41, 5.74) is 1.17. The Morgan fingerprint density at radius 2 is 2.10 bits per heavy atom. The Bertz CT molecular complexity index is 467. The Labute approximate surface area is 120 Å². The number of nitrogens with zero attached hydrogens (tertiary/aromatic N) is 2. The molecule has 3 fully saturated rings. The second kappa shape index (κ2) is 5.15. The van der Waals surface area contributed by atoms with Gasteiger partial charge in [-0.25, -0.2) is 0 Å². The maximum Gasteiger partial charge on any atom is 0.150 e. The highest BCUT2D eigenvalue weighted by molar-refractivity contribution is 5.12. The van der Waals surface area contributed by atoms with Crippen LogP contribution in [0.3, 0.4) is 0 Å². The number of rotatable bonds is 3. The first-order valence-corrected chi connectivity index (χ1v) is 8.15. The van der Waals surface area contributed by atoms with Crippen LogP contribution in [0.1, 0.15) is 55.9 Å². The number of aliphatic hydroxyl groups excluding tert-OH is 1. The summed E-state index contributed by atoms with van der Waals surface area (Å²) < 4.78 is 5.54. The van der Waals surface area contributed by atoms with E-state index in [0.29, 0.717) is 17.8 Å². The lowest BCUT2D eigenvalue weighted by atomic mass is 9.74. The lowest BCUT2D eigenvalue weighted by Gasteiger charge is -2.35. The van der Waals surface area contributed by atoms with Crippen LogP contribution in [0.4, 0.5) is 0 Å². The number of hydrogen-bond acceptors (Lipinski definition) is 4. The zero-order valence-corrected chi connectivity index (χ0v) is 12.0. The van der Waals surface area contributed by atoms with Crippen LogP contribution >= 0.6 is 0 Å². The van der Waals surface area contributed by atoms with Gasteiger partial charge in [-0.3, -0.25) is 4.90 Å². The van der Waals surface area contributed by atoms with Crippen LogP contribution in [-0.4, -0.2) is 34.4 Å². The molecule has 0 spiro atoms. The Balaban J connectivity index is 1.36. The largest absolute Gasteiger partial charge is 0.393 e. The van der Waals surface area contributed by atoms with Crippen LogP contribution in [0.15, 0.2) is 10.6 Å². The van der Waals surface area contributed by atoms with Crippen LogP contribution in [-0.2, 0) is 6.54 Å². The van der Waals surface area contributed by atoms with Crippen molar-refractivity contribution in [1.82, 2.24) is 10.1 Å². The molecule has 4 rings (SSSR count). The molecule has 1 N–H and O–H groups in total.